The van der Waals surface area contributed by atoms with Crippen LogP contribution in [-0.2, 0) is 9.53 Å². The SMILES string of the molecule is CC1CN(C(=O)N2CCC(C(=O)N3CCOCC3)CC2)c2ccccc2O1. The molecule has 0 spiro atoms. The van der Waals surface area contributed by atoms with Crippen molar-refractivity contribution in [1.29, 1.82) is 0 Å². The van der Waals surface area contributed by atoms with Gasteiger partial charge < -0.3 is 19.3 Å². The third-order valence-corrected chi connectivity index (χ3v) is 5.59. The van der Waals surface area contributed by atoms with Crippen LogP contribution < -0.4 is 9.64 Å². The van der Waals surface area contributed by atoms with Gasteiger partial charge in [-0.25, -0.2) is 4.79 Å². The molecule has 0 saturated carbocycles. The molecule has 146 valence electrons. The first-order chi connectivity index (χ1) is 13.1. The van der Waals surface area contributed by atoms with Gasteiger partial charge in [-0.15, -0.1) is 0 Å². The predicted octanol–water partition coefficient (Wildman–Crippen LogP) is 1.96. The van der Waals surface area contributed by atoms with Gasteiger partial charge in [0.2, 0.25) is 5.91 Å². The zero-order valence-corrected chi connectivity index (χ0v) is 15.8. The van der Waals surface area contributed by atoms with Gasteiger partial charge in [0.1, 0.15) is 11.9 Å². The van der Waals surface area contributed by atoms with Crippen LogP contribution in [0, 0.1) is 5.92 Å². The van der Waals surface area contributed by atoms with Crippen molar-refractivity contribution in [2.45, 2.75) is 25.9 Å². The second-order valence-corrected chi connectivity index (χ2v) is 7.49. The summed E-state index contributed by atoms with van der Waals surface area (Å²) < 4.78 is 11.2. The highest BCUT2D eigenvalue weighted by molar-refractivity contribution is 5.94. The van der Waals surface area contributed by atoms with Gasteiger partial charge in [-0.05, 0) is 31.9 Å². The Hall–Kier alpha value is -2.28. The van der Waals surface area contributed by atoms with E-state index in [2.05, 4.69) is 0 Å². The Balaban J connectivity index is 1.38. The van der Waals surface area contributed by atoms with E-state index in [1.807, 2.05) is 45.9 Å². The van der Waals surface area contributed by atoms with E-state index >= 15 is 0 Å². The van der Waals surface area contributed by atoms with E-state index in [0.717, 1.165) is 24.3 Å². The molecule has 4 rings (SSSR count). The molecule has 7 nitrogen and oxygen atoms in total. The van der Waals surface area contributed by atoms with Crippen LogP contribution >= 0.6 is 0 Å². The van der Waals surface area contributed by atoms with Gasteiger partial charge in [0.15, 0.2) is 0 Å². The molecule has 0 bridgehead atoms. The minimum absolute atomic E-state index is 0.00914. The molecular formula is C20H27N3O4. The van der Waals surface area contributed by atoms with Gasteiger partial charge in [-0.1, -0.05) is 12.1 Å². The summed E-state index contributed by atoms with van der Waals surface area (Å²) in [6.07, 6.45) is 1.41. The van der Waals surface area contributed by atoms with Gasteiger partial charge in [-0.2, -0.15) is 0 Å². The second-order valence-electron chi connectivity index (χ2n) is 7.49. The van der Waals surface area contributed by atoms with Crippen molar-refractivity contribution in [1.82, 2.24) is 9.80 Å². The molecule has 0 aliphatic carbocycles. The minimum Gasteiger partial charge on any atom is -0.487 e. The van der Waals surface area contributed by atoms with E-state index in [1.165, 1.54) is 0 Å². The summed E-state index contributed by atoms with van der Waals surface area (Å²) in [5.74, 6) is 0.987. The number of urea groups is 1. The van der Waals surface area contributed by atoms with Crippen molar-refractivity contribution in [2.75, 3.05) is 50.8 Å². The monoisotopic (exact) mass is 373 g/mol. The highest BCUT2D eigenvalue weighted by Gasteiger charge is 2.35. The quantitative estimate of drug-likeness (QED) is 0.755. The van der Waals surface area contributed by atoms with E-state index in [1.54, 1.807) is 0 Å². The Labute approximate surface area is 159 Å². The van der Waals surface area contributed by atoms with Crippen molar-refractivity contribution in [2.24, 2.45) is 5.92 Å². The van der Waals surface area contributed by atoms with E-state index < -0.39 is 0 Å². The molecule has 3 aliphatic heterocycles. The van der Waals surface area contributed by atoms with E-state index in [-0.39, 0.29) is 24.0 Å². The number of para-hydroxylation sites is 2. The van der Waals surface area contributed by atoms with Gasteiger partial charge >= 0.3 is 6.03 Å². The van der Waals surface area contributed by atoms with Crippen LogP contribution in [0.4, 0.5) is 10.5 Å². The van der Waals surface area contributed by atoms with Crippen molar-refractivity contribution in [3.05, 3.63) is 24.3 Å². The average Bonchev–Trinajstić information content (AvgIpc) is 2.73. The summed E-state index contributed by atoms with van der Waals surface area (Å²) in [6.45, 7) is 6.36. The number of morpholine rings is 1. The zero-order chi connectivity index (χ0) is 18.8. The molecule has 0 N–H and O–H groups in total. The maximum Gasteiger partial charge on any atom is 0.324 e. The fraction of sp³-hybridized carbons (Fsp3) is 0.600. The van der Waals surface area contributed by atoms with Crippen LogP contribution in [0.3, 0.4) is 0 Å². The lowest BCUT2D eigenvalue weighted by atomic mass is 9.95. The lowest BCUT2D eigenvalue weighted by Crippen LogP contribution is -2.52. The third-order valence-electron chi connectivity index (χ3n) is 5.59. The number of likely N-dealkylation sites (tertiary alicyclic amines) is 1. The first-order valence-corrected chi connectivity index (χ1v) is 9.82. The van der Waals surface area contributed by atoms with Crippen LogP contribution in [0.25, 0.3) is 0 Å². The summed E-state index contributed by atoms with van der Waals surface area (Å²) in [5.41, 5.74) is 0.826. The number of rotatable bonds is 1. The summed E-state index contributed by atoms with van der Waals surface area (Å²) in [6, 6.07) is 7.68. The number of nitrogens with zero attached hydrogens (tertiary/aromatic N) is 3. The Morgan fingerprint density at radius 3 is 2.44 bits per heavy atom. The number of ether oxygens (including phenoxy) is 2. The summed E-state index contributed by atoms with van der Waals surface area (Å²) in [7, 11) is 0. The summed E-state index contributed by atoms with van der Waals surface area (Å²) in [4.78, 5) is 31.4. The molecule has 3 aliphatic rings. The first kappa shape index (κ1) is 18.1. The van der Waals surface area contributed by atoms with Crippen LogP contribution in [-0.4, -0.2) is 73.8 Å². The fourth-order valence-corrected chi connectivity index (χ4v) is 4.10. The fourth-order valence-electron chi connectivity index (χ4n) is 4.10. The Kier molecular flexibility index (Phi) is 5.20. The van der Waals surface area contributed by atoms with Crippen molar-refractivity contribution in [3.63, 3.8) is 0 Å². The Morgan fingerprint density at radius 1 is 1.00 bits per heavy atom. The minimum atomic E-state index is -0.0377. The molecule has 1 unspecified atom stereocenters. The smallest absolute Gasteiger partial charge is 0.324 e. The highest BCUT2D eigenvalue weighted by Crippen LogP contribution is 2.34. The zero-order valence-electron chi connectivity index (χ0n) is 15.8. The molecule has 2 saturated heterocycles. The first-order valence-electron chi connectivity index (χ1n) is 9.82. The number of benzene rings is 1. The molecule has 7 heteroatoms. The molecule has 1 atom stereocenters. The molecule has 3 amide bonds. The summed E-state index contributed by atoms with van der Waals surface area (Å²) >= 11 is 0. The number of carbonyl (C=O) groups is 2. The number of carbonyl (C=O) groups excluding carboxylic acids is 2. The highest BCUT2D eigenvalue weighted by atomic mass is 16.5. The number of piperidine rings is 1. The number of hydrogen-bond donors (Lipinski definition) is 0. The normalized spacial score (nSPS) is 23.6. The van der Waals surface area contributed by atoms with Gasteiger partial charge in [0, 0.05) is 32.1 Å². The molecule has 0 radical (unpaired) electrons. The predicted molar refractivity (Wildman–Crippen MR) is 101 cm³/mol. The second kappa shape index (κ2) is 7.76. The maximum atomic E-state index is 13.1. The Morgan fingerprint density at radius 2 is 1.70 bits per heavy atom. The van der Waals surface area contributed by atoms with E-state index in [9.17, 15) is 9.59 Å². The standard InChI is InChI=1S/C20H27N3O4/c1-15-14-23(17-4-2-3-5-18(17)27-15)20(25)22-8-6-16(7-9-22)19(24)21-10-12-26-13-11-21/h2-5,15-16H,6-14H2,1H3. The summed E-state index contributed by atoms with van der Waals surface area (Å²) in [5, 5.41) is 0. The van der Waals surface area contributed by atoms with Crippen LogP contribution in [0.15, 0.2) is 24.3 Å². The lowest BCUT2D eigenvalue weighted by Gasteiger charge is -2.40. The number of fused-ring (bicyclic) bond motifs is 1. The third kappa shape index (κ3) is 3.74. The van der Waals surface area contributed by atoms with Gasteiger partial charge in [-0.3, -0.25) is 9.69 Å². The van der Waals surface area contributed by atoms with Crippen LogP contribution in [0.2, 0.25) is 0 Å². The van der Waals surface area contributed by atoms with Crippen LogP contribution in [0.5, 0.6) is 5.75 Å². The van der Waals surface area contributed by atoms with Crippen LogP contribution in [0.1, 0.15) is 19.8 Å². The molecule has 0 aromatic heterocycles. The van der Waals surface area contributed by atoms with E-state index in [4.69, 9.17) is 9.47 Å². The Bertz CT molecular complexity index is 696. The molecule has 1 aromatic carbocycles. The molecule has 27 heavy (non-hydrogen) atoms. The number of hydrogen-bond acceptors (Lipinski definition) is 4. The van der Waals surface area contributed by atoms with Gasteiger partial charge in [0.05, 0.1) is 25.4 Å². The molecular weight excluding hydrogens is 346 g/mol. The topological polar surface area (TPSA) is 62.3 Å². The van der Waals surface area contributed by atoms with Crippen molar-refractivity contribution in [3.8, 4) is 5.75 Å². The molecule has 2 fully saturated rings. The largest absolute Gasteiger partial charge is 0.487 e. The lowest BCUT2D eigenvalue weighted by molar-refractivity contribution is -0.141. The molecule has 1 aromatic rings. The number of amides is 3. The van der Waals surface area contributed by atoms with Gasteiger partial charge in [0.25, 0.3) is 0 Å². The van der Waals surface area contributed by atoms with Crippen molar-refractivity contribution >= 4 is 17.6 Å². The maximum absolute atomic E-state index is 13.1. The molecule has 3 heterocycles. The average molecular weight is 373 g/mol. The number of anilines is 1. The van der Waals surface area contributed by atoms with Crippen molar-refractivity contribution < 1.29 is 19.1 Å². The van der Waals surface area contributed by atoms with E-state index in [0.29, 0.717) is 45.9 Å².